The Morgan fingerprint density at radius 3 is 1.33 bits per heavy atom. The van der Waals surface area contributed by atoms with E-state index in [9.17, 15) is 9.59 Å². The number of amides is 2. The fraction of sp³-hybridized carbons (Fsp3) is 0.800. The summed E-state index contributed by atoms with van der Waals surface area (Å²) in [5.74, 6) is -1.00. The second kappa shape index (κ2) is 11.2. The van der Waals surface area contributed by atoms with Gasteiger partial charge in [0.1, 0.15) is 0 Å². The van der Waals surface area contributed by atoms with Crippen molar-refractivity contribution < 1.29 is 28.5 Å². The van der Waals surface area contributed by atoms with Gasteiger partial charge in [0, 0.05) is 39.7 Å². The van der Waals surface area contributed by atoms with Crippen molar-refractivity contribution in [1.29, 1.82) is 0 Å². The molecule has 0 unspecified atom stereocenters. The van der Waals surface area contributed by atoms with E-state index in [4.69, 9.17) is 18.9 Å². The summed E-state index contributed by atoms with van der Waals surface area (Å²) < 4.78 is 22.8. The maximum absolute atomic E-state index is 12.1. The van der Waals surface area contributed by atoms with Crippen molar-refractivity contribution in [3.05, 3.63) is 12.2 Å². The molecule has 2 heterocycles. The Kier molecular flexibility index (Phi) is 9.51. The van der Waals surface area contributed by atoms with E-state index in [2.05, 4.69) is 12.2 Å². The van der Waals surface area contributed by atoms with Crippen LogP contribution in [-0.4, -0.2) is 110 Å². The lowest BCUT2D eigenvalue weighted by Gasteiger charge is -2.37. The highest BCUT2D eigenvalue weighted by Gasteiger charge is 2.42. The molecule has 0 saturated carbocycles. The molecule has 2 amide bonds. The molecule has 0 radical (unpaired) electrons. The van der Waals surface area contributed by atoms with Crippen molar-refractivity contribution in [3.8, 4) is 0 Å². The fourth-order valence-electron chi connectivity index (χ4n) is 2.96. The van der Waals surface area contributed by atoms with E-state index in [1.165, 1.54) is 9.80 Å². The number of carbonyl (C=O) groups is 2. The van der Waals surface area contributed by atoms with Gasteiger partial charge in [-0.15, -0.1) is 23.5 Å². The predicted octanol–water partition coefficient (Wildman–Crippen LogP) is 1.45. The average molecular weight is 463 g/mol. The first kappa shape index (κ1) is 25.5. The summed E-state index contributed by atoms with van der Waals surface area (Å²) in [6.45, 7) is 5.31. The van der Waals surface area contributed by atoms with Gasteiger partial charge in [-0.05, 0) is 13.8 Å². The van der Waals surface area contributed by atoms with Crippen LogP contribution in [-0.2, 0) is 28.5 Å². The molecular weight excluding hydrogens is 428 g/mol. The Hall–Kier alpha value is -0.780. The number of thioether (sulfide) groups is 2. The number of likely N-dealkylation sites (N-methyl/N-ethyl adjacent to an activating group) is 2. The summed E-state index contributed by atoms with van der Waals surface area (Å²) in [5.41, 5.74) is 0. The summed E-state index contributed by atoms with van der Waals surface area (Å²) in [6.07, 6.45) is 4.25. The van der Waals surface area contributed by atoms with Crippen LogP contribution in [0.3, 0.4) is 0 Å². The van der Waals surface area contributed by atoms with E-state index in [1.807, 2.05) is 0 Å². The van der Waals surface area contributed by atoms with Gasteiger partial charge in [0.15, 0.2) is 0 Å². The molecule has 172 valence electrons. The maximum Gasteiger partial charge on any atom is 0.282 e. The lowest BCUT2D eigenvalue weighted by atomic mass is 10.2. The molecule has 0 atom stereocenters. The topological polar surface area (TPSA) is 77.5 Å². The normalized spacial score (nSPS) is 32.2. The first-order chi connectivity index (χ1) is 14.1. The van der Waals surface area contributed by atoms with Crippen molar-refractivity contribution in [2.75, 3.05) is 66.1 Å². The summed E-state index contributed by atoms with van der Waals surface area (Å²) in [6, 6.07) is 0. The molecule has 2 saturated heterocycles. The van der Waals surface area contributed by atoms with Crippen LogP contribution in [0.1, 0.15) is 13.8 Å². The molecule has 30 heavy (non-hydrogen) atoms. The van der Waals surface area contributed by atoms with Crippen LogP contribution in [0.15, 0.2) is 12.2 Å². The van der Waals surface area contributed by atoms with Gasteiger partial charge in [-0.3, -0.25) is 9.59 Å². The monoisotopic (exact) mass is 462 g/mol. The fourth-order valence-corrected chi connectivity index (χ4v) is 4.65. The summed E-state index contributed by atoms with van der Waals surface area (Å²) in [5, 5.41) is 0.412. The zero-order valence-corrected chi connectivity index (χ0v) is 20.3. The zero-order chi connectivity index (χ0) is 22.4. The number of nitrogens with zero attached hydrogens (tertiary/aromatic N) is 2. The molecule has 0 aromatic rings. The third-order valence-corrected chi connectivity index (χ3v) is 7.05. The number of hydrogen-bond acceptors (Lipinski definition) is 8. The Morgan fingerprint density at radius 2 is 1.07 bits per heavy atom. The quantitative estimate of drug-likeness (QED) is 0.502. The van der Waals surface area contributed by atoms with Gasteiger partial charge in [-0.2, -0.15) is 0 Å². The van der Waals surface area contributed by atoms with Crippen molar-refractivity contribution in [2.24, 2.45) is 0 Å². The lowest BCUT2D eigenvalue weighted by molar-refractivity contribution is -0.248. The zero-order valence-electron chi connectivity index (χ0n) is 18.7. The Morgan fingerprint density at radius 1 is 0.767 bits per heavy atom. The average Bonchev–Trinajstić information content (AvgIpc) is 2.72. The van der Waals surface area contributed by atoms with E-state index >= 15 is 0 Å². The maximum atomic E-state index is 12.1. The van der Waals surface area contributed by atoms with Gasteiger partial charge < -0.3 is 28.7 Å². The molecule has 10 heteroatoms. The number of hydrogen-bond donors (Lipinski definition) is 0. The predicted molar refractivity (Wildman–Crippen MR) is 120 cm³/mol. The molecule has 0 aromatic carbocycles. The molecule has 8 nitrogen and oxygen atoms in total. The summed E-state index contributed by atoms with van der Waals surface area (Å²) in [7, 11) is 6.77. The smallest absolute Gasteiger partial charge is 0.282 e. The minimum Gasteiger partial charge on any atom is -0.344 e. The van der Waals surface area contributed by atoms with Gasteiger partial charge in [0.05, 0.1) is 36.9 Å². The van der Waals surface area contributed by atoms with E-state index in [1.54, 1.807) is 65.6 Å². The molecule has 0 aromatic heterocycles. The van der Waals surface area contributed by atoms with Gasteiger partial charge in [-0.25, -0.2) is 0 Å². The van der Waals surface area contributed by atoms with Crippen molar-refractivity contribution in [1.82, 2.24) is 9.80 Å². The molecule has 0 spiro atoms. The van der Waals surface area contributed by atoms with Crippen LogP contribution in [0.4, 0.5) is 0 Å². The molecular formula is C20H34N2O6S2. The highest BCUT2D eigenvalue weighted by atomic mass is 32.2. The first-order valence-corrected chi connectivity index (χ1v) is 12.0. The van der Waals surface area contributed by atoms with Crippen LogP contribution < -0.4 is 0 Å². The molecule has 0 N–H and O–H groups in total. The summed E-state index contributed by atoms with van der Waals surface area (Å²) in [4.78, 5) is 27.2. The summed E-state index contributed by atoms with van der Waals surface area (Å²) >= 11 is 3.49. The number of ether oxygens (including phenoxy) is 4. The van der Waals surface area contributed by atoms with Crippen molar-refractivity contribution >= 4 is 35.3 Å². The van der Waals surface area contributed by atoms with Gasteiger partial charge in [0.2, 0.25) is 11.6 Å². The second-order valence-corrected chi connectivity index (χ2v) is 10.6. The molecule has 2 aliphatic heterocycles. The van der Waals surface area contributed by atoms with Gasteiger partial charge in [0.25, 0.3) is 11.8 Å². The van der Waals surface area contributed by atoms with Gasteiger partial charge in [-0.1, -0.05) is 12.2 Å². The van der Waals surface area contributed by atoms with E-state index in [0.29, 0.717) is 26.4 Å². The number of carbonyl (C=O) groups excluding carboxylic acids is 2. The van der Waals surface area contributed by atoms with E-state index < -0.39 is 11.6 Å². The van der Waals surface area contributed by atoms with Gasteiger partial charge >= 0.3 is 0 Å². The molecule has 0 bridgehead atoms. The van der Waals surface area contributed by atoms with Crippen LogP contribution in [0.25, 0.3) is 0 Å². The third kappa shape index (κ3) is 6.86. The molecule has 2 aliphatic rings. The van der Waals surface area contributed by atoms with Crippen molar-refractivity contribution in [2.45, 2.75) is 35.9 Å². The highest BCUT2D eigenvalue weighted by Crippen LogP contribution is 2.27. The Bertz CT molecular complexity index is 560. The molecule has 2 rings (SSSR count). The Balaban J connectivity index is 1.59. The van der Waals surface area contributed by atoms with Crippen LogP contribution in [0.2, 0.25) is 0 Å². The lowest BCUT2D eigenvalue weighted by Crippen LogP contribution is -2.53. The van der Waals surface area contributed by atoms with Crippen molar-refractivity contribution in [3.63, 3.8) is 0 Å². The van der Waals surface area contributed by atoms with E-state index in [-0.39, 0.29) is 22.3 Å². The minimum absolute atomic E-state index is 0.176. The van der Waals surface area contributed by atoms with Crippen LogP contribution in [0.5, 0.6) is 0 Å². The van der Waals surface area contributed by atoms with Crippen LogP contribution >= 0.6 is 23.5 Å². The van der Waals surface area contributed by atoms with E-state index in [0.717, 1.165) is 11.5 Å². The Labute approximate surface area is 188 Å². The first-order valence-electron chi connectivity index (χ1n) is 9.95. The molecule has 0 aliphatic carbocycles. The third-order valence-electron chi connectivity index (χ3n) is 4.79. The molecule has 2 fully saturated rings. The van der Waals surface area contributed by atoms with Crippen LogP contribution in [0, 0.1) is 0 Å². The highest BCUT2D eigenvalue weighted by molar-refractivity contribution is 8.00. The second-order valence-electron chi connectivity index (χ2n) is 7.92. The standard InChI is InChI=1S/C20H34N2O6S2/c1-19(17(23)21(3)4)25-11-15(12-26-19)29-9-7-8-10-30-16-13-27-20(2,28-14-16)18(24)22(5)6/h7-8,15-16H,9-14H2,1-6H3/b8-7+. The largest absolute Gasteiger partial charge is 0.344 e. The minimum atomic E-state index is -1.18. The SMILES string of the molecule is CN(C)C(=O)C1(C)OCC(SC/C=C/CSC2COC(C)(C(=O)N(C)C)OC2)CO1. The number of rotatable bonds is 8.